The highest BCUT2D eigenvalue weighted by molar-refractivity contribution is 7.92. The fourth-order valence-corrected chi connectivity index (χ4v) is 4.13. The highest BCUT2D eigenvalue weighted by atomic mass is 32.2. The molecule has 1 amide bonds. The Bertz CT molecular complexity index is 855. The number of anilines is 1. The average Bonchev–Trinajstić information content (AvgIpc) is 2.64. The molecule has 0 aliphatic carbocycles. The summed E-state index contributed by atoms with van der Waals surface area (Å²) in [5.41, 5.74) is 1.35. The fourth-order valence-electron chi connectivity index (χ4n) is 2.92. The van der Waals surface area contributed by atoms with Gasteiger partial charge >= 0.3 is 0 Å². The van der Waals surface area contributed by atoms with Crippen LogP contribution in [-0.4, -0.2) is 33.2 Å². The second-order valence-corrected chi connectivity index (χ2v) is 8.38. The van der Waals surface area contributed by atoms with Gasteiger partial charge in [-0.1, -0.05) is 44.2 Å². The Hall–Kier alpha value is -2.41. The molecule has 5 nitrogen and oxygen atoms in total. The van der Waals surface area contributed by atoms with Gasteiger partial charge in [-0.25, -0.2) is 12.8 Å². The predicted octanol–water partition coefficient (Wildman–Crippen LogP) is 3.29. The Kier molecular flexibility index (Phi) is 6.96. The molecule has 0 spiro atoms. The first-order valence-corrected chi connectivity index (χ1v) is 10.7. The molecule has 0 aromatic heterocycles. The molecule has 0 aliphatic heterocycles. The zero-order chi connectivity index (χ0) is 20.0. The van der Waals surface area contributed by atoms with Crippen molar-refractivity contribution in [1.82, 2.24) is 5.32 Å². The van der Waals surface area contributed by atoms with E-state index in [1.807, 2.05) is 37.3 Å². The van der Waals surface area contributed by atoms with E-state index >= 15 is 0 Å². The van der Waals surface area contributed by atoms with E-state index < -0.39 is 21.9 Å². The van der Waals surface area contributed by atoms with Gasteiger partial charge in [0.15, 0.2) is 0 Å². The Balaban J connectivity index is 2.18. The summed E-state index contributed by atoms with van der Waals surface area (Å²) in [6, 6.07) is 13.9. The number of nitrogens with zero attached hydrogens (tertiary/aromatic N) is 1. The number of benzene rings is 2. The van der Waals surface area contributed by atoms with E-state index in [0.717, 1.165) is 16.1 Å². The summed E-state index contributed by atoms with van der Waals surface area (Å²) in [6.07, 6.45) is 1.33. The number of carbonyl (C=O) groups excluding carboxylic acids is 1. The molecule has 2 aromatic carbocycles. The minimum absolute atomic E-state index is 0.0881. The summed E-state index contributed by atoms with van der Waals surface area (Å²) in [5.74, 6) is -0.762. The van der Waals surface area contributed by atoms with Crippen LogP contribution in [0.1, 0.15) is 31.7 Å². The van der Waals surface area contributed by atoms with E-state index in [4.69, 9.17) is 0 Å². The Morgan fingerprint density at radius 1 is 1.11 bits per heavy atom. The van der Waals surface area contributed by atoms with Gasteiger partial charge in [0, 0.05) is 6.54 Å². The lowest BCUT2D eigenvalue weighted by Gasteiger charge is -2.30. The van der Waals surface area contributed by atoms with Gasteiger partial charge in [-0.05, 0) is 42.2 Å². The minimum atomic E-state index is -3.73. The topological polar surface area (TPSA) is 66.5 Å². The highest BCUT2D eigenvalue weighted by Gasteiger charge is 2.31. The molecular weight excluding hydrogens is 367 g/mol. The van der Waals surface area contributed by atoms with Crippen LogP contribution in [0.2, 0.25) is 0 Å². The number of sulfonamides is 1. The molecule has 0 heterocycles. The Morgan fingerprint density at radius 3 is 2.22 bits per heavy atom. The summed E-state index contributed by atoms with van der Waals surface area (Å²) < 4.78 is 38.9. The van der Waals surface area contributed by atoms with Crippen LogP contribution in [0.5, 0.6) is 0 Å². The first-order valence-electron chi connectivity index (χ1n) is 8.81. The largest absolute Gasteiger partial charge is 0.354 e. The Morgan fingerprint density at radius 2 is 1.70 bits per heavy atom. The SMILES string of the molecule is CC[C@@H](C(=O)NC[C@H](C)c1ccccc1)N(c1ccc(F)cc1)S(C)(=O)=O. The van der Waals surface area contributed by atoms with Crippen molar-refractivity contribution in [3.63, 3.8) is 0 Å². The van der Waals surface area contributed by atoms with Gasteiger partial charge < -0.3 is 5.32 Å². The van der Waals surface area contributed by atoms with E-state index in [1.54, 1.807) is 6.92 Å². The maximum atomic E-state index is 13.2. The third-order valence-corrected chi connectivity index (χ3v) is 5.54. The molecule has 0 saturated heterocycles. The van der Waals surface area contributed by atoms with Crippen molar-refractivity contribution in [2.75, 3.05) is 17.1 Å². The normalized spacial score (nSPS) is 13.6. The lowest BCUT2D eigenvalue weighted by molar-refractivity contribution is -0.122. The number of hydrogen-bond donors (Lipinski definition) is 1. The van der Waals surface area contributed by atoms with Gasteiger partial charge in [-0.3, -0.25) is 9.10 Å². The van der Waals surface area contributed by atoms with E-state index in [9.17, 15) is 17.6 Å². The van der Waals surface area contributed by atoms with Gasteiger partial charge in [-0.15, -0.1) is 0 Å². The third-order valence-electron chi connectivity index (χ3n) is 4.36. The van der Waals surface area contributed by atoms with E-state index in [0.29, 0.717) is 6.54 Å². The van der Waals surface area contributed by atoms with Crippen LogP contribution in [-0.2, 0) is 14.8 Å². The van der Waals surface area contributed by atoms with Crippen LogP contribution in [0.25, 0.3) is 0 Å². The van der Waals surface area contributed by atoms with Crippen molar-refractivity contribution >= 4 is 21.6 Å². The zero-order valence-corrected chi connectivity index (χ0v) is 16.5. The van der Waals surface area contributed by atoms with E-state index in [-0.39, 0.29) is 23.9 Å². The van der Waals surface area contributed by atoms with Crippen LogP contribution in [0.15, 0.2) is 54.6 Å². The van der Waals surface area contributed by atoms with Crippen molar-refractivity contribution in [3.8, 4) is 0 Å². The molecular formula is C20H25FN2O3S. The molecule has 0 fully saturated rings. The summed E-state index contributed by atoms with van der Waals surface area (Å²) in [4.78, 5) is 12.7. The molecule has 0 unspecified atom stereocenters. The van der Waals surface area contributed by atoms with Crippen LogP contribution in [0.3, 0.4) is 0 Å². The maximum Gasteiger partial charge on any atom is 0.243 e. The number of halogens is 1. The van der Waals surface area contributed by atoms with E-state index in [1.165, 1.54) is 24.3 Å². The molecule has 0 aliphatic rings. The van der Waals surface area contributed by atoms with Crippen molar-refractivity contribution in [2.24, 2.45) is 0 Å². The van der Waals surface area contributed by atoms with Gasteiger partial charge in [0.1, 0.15) is 11.9 Å². The van der Waals surface area contributed by atoms with Crippen molar-refractivity contribution < 1.29 is 17.6 Å². The van der Waals surface area contributed by atoms with Crippen LogP contribution in [0.4, 0.5) is 10.1 Å². The van der Waals surface area contributed by atoms with Crippen molar-refractivity contribution in [2.45, 2.75) is 32.2 Å². The van der Waals surface area contributed by atoms with Crippen LogP contribution in [0, 0.1) is 5.82 Å². The molecule has 7 heteroatoms. The summed E-state index contributed by atoms with van der Waals surface area (Å²) in [5, 5.41) is 2.85. The van der Waals surface area contributed by atoms with Gasteiger partial charge in [0.25, 0.3) is 0 Å². The van der Waals surface area contributed by atoms with Crippen molar-refractivity contribution in [3.05, 3.63) is 66.0 Å². The molecule has 27 heavy (non-hydrogen) atoms. The van der Waals surface area contributed by atoms with Gasteiger partial charge in [0.2, 0.25) is 15.9 Å². The van der Waals surface area contributed by atoms with Gasteiger partial charge in [0.05, 0.1) is 11.9 Å². The second-order valence-electron chi connectivity index (χ2n) is 6.52. The number of amides is 1. The monoisotopic (exact) mass is 392 g/mol. The number of hydrogen-bond acceptors (Lipinski definition) is 3. The molecule has 1 N–H and O–H groups in total. The fraction of sp³-hybridized carbons (Fsp3) is 0.350. The molecule has 0 saturated carbocycles. The maximum absolute atomic E-state index is 13.2. The number of nitrogens with one attached hydrogen (secondary N) is 1. The highest BCUT2D eigenvalue weighted by Crippen LogP contribution is 2.23. The molecule has 0 radical (unpaired) electrons. The minimum Gasteiger partial charge on any atom is -0.354 e. The second kappa shape index (κ2) is 8.99. The molecule has 2 rings (SSSR count). The average molecular weight is 392 g/mol. The smallest absolute Gasteiger partial charge is 0.243 e. The van der Waals surface area contributed by atoms with Crippen LogP contribution < -0.4 is 9.62 Å². The first-order chi connectivity index (χ1) is 12.7. The van der Waals surface area contributed by atoms with Crippen LogP contribution >= 0.6 is 0 Å². The molecule has 146 valence electrons. The Labute approximate surface area is 160 Å². The van der Waals surface area contributed by atoms with E-state index in [2.05, 4.69) is 5.32 Å². The third kappa shape index (κ3) is 5.53. The predicted molar refractivity (Wildman–Crippen MR) is 106 cm³/mol. The lowest BCUT2D eigenvalue weighted by atomic mass is 10.0. The van der Waals surface area contributed by atoms with Crippen molar-refractivity contribution in [1.29, 1.82) is 0 Å². The number of rotatable bonds is 8. The summed E-state index contributed by atoms with van der Waals surface area (Å²) >= 11 is 0. The number of carbonyl (C=O) groups is 1. The molecule has 2 aromatic rings. The first kappa shape index (κ1) is 20.9. The zero-order valence-electron chi connectivity index (χ0n) is 15.7. The lowest BCUT2D eigenvalue weighted by Crippen LogP contribution is -2.49. The summed E-state index contributed by atoms with van der Waals surface area (Å²) in [6.45, 7) is 4.12. The standard InChI is InChI=1S/C20H25FN2O3S/c1-4-19(20(24)22-14-15(2)16-8-6-5-7-9-16)23(27(3,25)26)18-12-10-17(21)11-13-18/h5-13,15,19H,4,14H2,1-3H3,(H,22,24)/t15-,19-/m0/s1. The molecule has 2 atom stereocenters. The molecule has 0 bridgehead atoms. The quantitative estimate of drug-likeness (QED) is 0.750. The summed E-state index contributed by atoms with van der Waals surface area (Å²) in [7, 11) is -3.73. The van der Waals surface area contributed by atoms with Gasteiger partial charge in [-0.2, -0.15) is 0 Å².